The minimum Gasteiger partial charge on any atom is -0.398 e. The van der Waals surface area contributed by atoms with Gasteiger partial charge in [0.15, 0.2) is 0 Å². The first kappa shape index (κ1) is 12.8. The van der Waals surface area contributed by atoms with E-state index >= 15 is 0 Å². The van der Waals surface area contributed by atoms with Crippen LogP contribution < -0.4 is 11.1 Å². The third-order valence-electron chi connectivity index (χ3n) is 2.30. The summed E-state index contributed by atoms with van der Waals surface area (Å²) in [4.78, 5) is 13.5. The molecule has 0 heterocycles. The van der Waals surface area contributed by atoms with Crippen LogP contribution in [0.5, 0.6) is 0 Å². The SMILES string of the molecule is CCN(CC)C(=O)Nc1ccc(N)c(Br)c1. The summed E-state index contributed by atoms with van der Waals surface area (Å²) in [5, 5.41) is 2.81. The van der Waals surface area contributed by atoms with Crippen molar-refractivity contribution in [2.75, 3.05) is 24.1 Å². The van der Waals surface area contributed by atoms with Crippen LogP contribution in [0.4, 0.5) is 16.2 Å². The van der Waals surface area contributed by atoms with E-state index in [0.29, 0.717) is 18.8 Å². The Morgan fingerprint density at radius 3 is 2.56 bits per heavy atom. The van der Waals surface area contributed by atoms with Crippen molar-refractivity contribution in [1.82, 2.24) is 4.90 Å². The van der Waals surface area contributed by atoms with Gasteiger partial charge in [-0.25, -0.2) is 4.79 Å². The minimum absolute atomic E-state index is 0.0957. The van der Waals surface area contributed by atoms with E-state index in [4.69, 9.17) is 5.73 Å². The number of rotatable bonds is 3. The summed E-state index contributed by atoms with van der Waals surface area (Å²) in [7, 11) is 0. The molecule has 88 valence electrons. The van der Waals surface area contributed by atoms with Gasteiger partial charge in [-0.2, -0.15) is 0 Å². The average Bonchev–Trinajstić information content (AvgIpc) is 2.25. The molecule has 0 spiro atoms. The van der Waals surface area contributed by atoms with Crippen LogP contribution in [-0.4, -0.2) is 24.0 Å². The summed E-state index contributed by atoms with van der Waals surface area (Å²) in [5.74, 6) is 0. The van der Waals surface area contributed by atoms with Gasteiger partial charge in [0.25, 0.3) is 0 Å². The van der Waals surface area contributed by atoms with Crippen LogP contribution in [0, 0.1) is 0 Å². The lowest BCUT2D eigenvalue weighted by Gasteiger charge is -2.19. The Hall–Kier alpha value is -1.23. The third-order valence-corrected chi connectivity index (χ3v) is 2.99. The zero-order valence-electron chi connectivity index (χ0n) is 9.46. The number of halogens is 1. The van der Waals surface area contributed by atoms with E-state index in [1.807, 2.05) is 13.8 Å². The molecule has 0 fully saturated rings. The predicted octanol–water partition coefficient (Wildman–Crippen LogP) is 2.91. The van der Waals surface area contributed by atoms with Crippen LogP contribution in [0.1, 0.15) is 13.8 Å². The first-order chi connectivity index (χ1) is 7.58. The van der Waals surface area contributed by atoms with Gasteiger partial charge in [0.05, 0.1) is 0 Å². The molecule has 2 amide bonds. The van der Waals surface area contributed by atoms with Gasteiger partial charge in [-0.1, -0.05) is 0 Å². The van der Waals surface area contributed by atoms with E-state index in [-0.39, 0.29) is 6.03 Å². The number of hydrogen-bond acceptors (Lipinski definition) is 2. The predicted molar refractivity (Wildman–Crippen MR) is 70.5 cm³/mol. The van der Waals surface area contributed by atoms with Crippen LogP contribution in [-0.2, 0) is 0 Å². The molecule has 0 atom stereocenters. The van der Waals surface area contributed by atoms with Gasteiger partial charge < -0.3 is 16.0 Å². The number of urea groups is 1. The van der Waals surface area contributed by atoms with Crippen molar-refractivity contribution in [2.24, 2.45) is 0 Å². The third kappa shape index (κ3) is 3.13. The highest BCUT2D eigenvalue weighted by Crippen LogP contribution is 2.23. The molecule has 0 radical (unpaired) electrons. The number of nitrogen functional groups attached to an aromatic ring is 1. The van der Waals surface area contributed by atoms with Gasteiger partial charge in [-0.3, -0.25) is 0 Å². The average molecular weight is 286 g/mol. The molecule has 0 aliphatic rings. The molecule has 4 nitrogen and oxygen atoms in total. The van der Waals surface area contributed by atoms with Crippen molar-refractivity contribution in [3.63, 3.8) is 0 Å². The standard InChI is InChI=1S/C11H16BrN3O/c1-3-15(4-2)11(16)14-8-5-6-10(13)9(12)7-8/h5-7H,3-4,13H2,1-2H3,(H,14,16). The fourth-order valence-electron chi connectivity index (χ4n) is 1.32. The minimum atomic E-state index is -0.0957. The van der Waals surface area contributed by atoms with E-state index in [1.165, 1.54) is 0 Å². The molecule has 0 aromatic heterocycles. The Bertz CT molecular complexity index is 377. The van der Waals surface area contributed by atoms with Crippen molar-refractivity contribution in [3.8, 4) is 0 Å². The zero-order valence-corrected chi connectivity index (χ0v) is 11.0. The molecule has 1 aromatic rings. The fraction of sp³-hybridized carbons (Fsp3) is 0.364. The van der Waals surface area contributed by atoms with Gasteiger partial charge >= 0.3 is 6.03 Å². The summed E-state index contributed by atoms with van der Waals surface area (Å²) in [5.41, 5.74) is 7.05. The highest BCUT2D eigenvalue weighted by atomic mass is 79.9. The smallest absolute Gasteiger partial charge is 0.321 e. The molecule has 5 heteroatoms. The number of nitrogens with two attached hydrogens (primary N) is 1. The number of carbonyl (C=O) groups is 1. The van der Waals surface area contributed by atoms with Crippen molar-refractivity contribution >= 4 is 33.3 Å². The van der Waals surface area contributed by atoms with Gasteiger partial charge in [-0.05, 0) is 48.0 Å². The van der Waals surface area contributed by atoms with E-state index in [0.717, 1.165) is 10.2 Å². The zero-order chi connectivity index (χ0) is 12.1. The Kier molecular flexibility index (Phi) is 4.61. The molecular weight excluding hydrogens is 270 g/mol. The molecule has 16 heavy (non-hydrogen) atoms. The van der Waals surface area contributed by atoms with Crippen molar-refractivity contribution in [2.45, 2.75) is 13.8 Å². The maximum absolute atomic E-state index is 11.7. The molecule has 3 N–H and O–H groups in total. The number of hydrogen-bond donors (Lipinski definition) is 2. The van der Waals surface area contributed by atoms with Crippen LogP contribution in [0.25, 0.3) is 0 Å². The number of nitrogens with zero attached hydrogens (tertiary/aromatic N) is 1. The Morgan fingerprint density at radius 2 is 2.06 bits per heavy atom. The lowest BCUT2D eigenvalue weighted by molar-refractivity contribution is 0.217. The van der Waals surface area contributed by atoms with E-state index in [2.05, 4.69) is 21.2 Å². The normalized spacial score (nSPS) is 9.94. The molecular formula is C11H16BrN3O. The summed E-state index contributed by atoms with van der Waals surface area (Å²) >= 11 is 3.32. The first-order valence-electron chi connectivity index (χ1n) is 5.19. The Morgan fingerprint density at radius 1 is 1.44 bits per heavy atom. The first-order valence-corrected chi connectivity index (χ1v) is 5.98. The van der Waals surface area contributed by atoms with Crippen LogP contribution in [0.15, 0.2) is 22.7 Å². The monoisotopic (exact) mass is 285 g/mol. The van der Waals surface area contributed by atoms with Crippen molar-refractivity contribution in [1.29, 1.82) is 0 Å². The maximum Gasteiger partial charge on any atom is 0.321 e. The van der Waals surface area contributed by atoms with E-state index in [9.17, 15) is 4.79 Å². The van der Waals surface area contributed by atoms with Crippen LogP contribution >= 0.6 is 15.9 Å². The second-order valence-electron chi connectivity index (χ2n) is 3.34. The topological polar surface area (TPSA) is 58.4 Å². The van der Waals surface area contributed by atoms with Crippen LogP contribution in [0.3, 0.4) is 0 Å². The van der Waals surface area contributed by atoms with E-state index in [1.54, 1.807) is 23.1 Å². The lowest BCUT2D eigenvalue weighted by Crippen LogP contribution is -2.34. The van der Waals surface area contributed by atoms with Gasteiger partial charge in [0.1, 0.15) is 0 Å². The molecule has 1 aromatic carbocycles. The van der Waals surface area contributed by atoms with Gasteiger partial charge in [0, 0.05) is 28.9 Å². The highest BCUT2D eigenvalue weighted by molar-refractivity contribution is 9.10. The quantitative estimate of drug-likeness (QED) is 0.839. The van der Waals surface area contributed by atoms with Gasteiger partial charge in [-0.15, -0.1) is 0 Å². The molecule has 0 saturated heterocycles. The largest absolute Gasteiger partial charge is 0.398 e. The molecule has 0 saturated carbocycles. The molecule has 0 aliphatic heterocycles. The Balaban J connectivity index is 2.73. The summed E-state index contributed by atoms with van der Waals surface area (Å²) in [6.07, 6.45) is 0. The second-order valence-corrected chi connectivity index (χ2v) is 4.19. The number of nitrogens with one attached hydrogen (secondary N) is 1. The highest BCUT2D eigenvalue weighted by Gasteiger charge is 2.09. The summed E-state index contributed by atoms with van der Waals surface area (Å²) in [6, 6.07) is 5.22. The Labute approximate surface area is 104 Å². The van der Waals surface area contributed by atoms with Crippen LogP contribution in [0.2, 0.25) is 0 Å². The summed E-state index contributed by atoms with van der Waals surface area (Å²) in [6.45, 7) is 5.28. The number of anilines is 2. The van der Waals surface area contributed by atoms with Gasteiger partial charge in [0.2, 0.25) is 0 Å². The van der Waals surface area contributed by atoms with Crippen molar-refractivity contribution in [3.05, 3.63) is 22.7 Å². The maximum atomic E-state index is 11.7. The molecule has 0 unspecified atom stereocenters. The van der Waals surface area contributed by atoms with Crippen molar-refractivity contribution < 1.29 is 4.79 Å². The molecule has 0 aliphatic carbocycles. The number of amides is 2. The number of carbonyl (C=O) groups excluding carboxylic acids is 1. The number of benzene rings is 1. The molecule has 0 bridgehead atoms. The lowest BCUT2D eigenvalue weighted by atomic mass is 10.3. The fourth-order valence-corrected chi connectivity index (χ4v) is 1.70. The second kappa shape index (κ2) is 5.75. The molecule has 1 rings (SSSR count). The van der Waals surface area contributed by atoms with E-state index < -0.39 is 0 Å². The summed E-state index contributed by atoms with van der Waals surface area (Å²) < 4.78 is 0.782.